The van der Waals surface area contributed by atoms with Gasteiger partial charge >= 0.3 is 0 Å². The molecular weight excluding hydrogens is 342 g/mol. The predicted molar refractivity (Wildman–Crippen MR) is 84.7 cm³/mol. The van der Waals surface area contributed by atoms with Crippen LogP contribution in [0.25, 0.3) is 0 Å². The van der Waals surface area contributed by atoms with E-state index in [2.05, 4.69) is 18.8 Å². The summed E-state index contributed by atoms with van der Waals surface area (Å²) in [5.41, 5.74) is 2.18. The van der Waals surface area contributed by atoms with Crippen molar-refractivity contribution in [3.63, 3.8) is 0 Å². The summed E-state index contributed by atoms with van der Waals surface area (Å²) < 4.78 is 0. The number of unbranched alkanes of at least 4 members (excludes halogenated alkanes) is 1. The second kappa shape index (κ2) is 10.5. The van der Waals surface area contributed by atoms with Crippen LogP contribution in [0.4, 0.5) is 0 Å². The topological polar surface area (TPSA) is 0 Å². The molecule has 2 fully saturated rings. The summed E-state index contributed by atoms with van der Waals surface area (Å²) in [6, 6.07) is 0. The summed E-state index contributed by atoms with van der Waals surface area (Å²) in [4.78, 5) is 0. The predicted octanol–water partition coefficient (Wildman–Crippen LogP) is 6.45. The van der Waals surface area contributed by atoms with Gasteiger partial charge in [0.2, 0.25) is 0 Å². The Balaban J connectivity index is 0.00000180. The van der Waals surface area contributed by atoms with Crippen LogP contribution in [0.5, 0.6) is 0 Å². The van der Waals surface area contributed by atoms with Gasteiger partial charge in [0.05, 0.1) is 0 Å². The molecule has 2 saturated carbocycles. The van der Waals surface area contributed by atoms with Crippen LogP contribution >= 0.6 is 7.92 Å². The van der Waals surface area contributed by atoms with Crippen molar-refractivity contribution < 1.29 is 20.4 Å². The quantitative estimate of drug-likeness (QED) is 0.384. The molecule has 0 aromatic heterocycles. The molecule has 0 radical (unpaired) electrons. The smallest absolute Gasteiger partial charge is 0 e. The van der Waals surface area contributed by atoms with E-state index in [4.69, 9.17) is 0 Å². The minimum atomic E-state index is 0. The first-order chi connectivity index (χ1) is 8.92. The molecule has 2 aliphatic rings. The molecule has 0 amide bonds. The van der Waals surface area contributed by atoms with Crippen molar-refractivity contribution in [3.05, 3.63) is 11.9 Å². The van der Waals surface area contributed by atoms with Gasteiger partial charge in [0.1, 0.15) is 0 Å². The van der Waals surface area contributed by atoms with Gasteiger partial charge in [0.15, 0.2) is 0 Å². The maximum absolute atomic E-state index is 2.70. The Morgan fingerprint density at radius 1 is 0.842 bits per heavy atom. The van der Waals surface area contributed by atoms with Gasteiger partial charge in [-0.2, -0.15) is 0 Å². The molecule has 114 valence electrons. The van der Waals surface area contributed by atoms with E-state index < -0.39 is 0 Å². The van der Waals surface area contributed by atoms with Gasteiger partial charge in [-0.15, -0.1) is 0 Å². The maximum atomic E-state index is 2.70. The molecule has 0 aromatic rings. The Labute approximate surface area is 135 Å². The zero-order valence-corrected chi connectivity index (χ0v) is 15.0. The molecule has 0 bridgehead atoms. The van der Waals surface area contributed by atoms with Gasteiger partial charge in [-0.25, -0.2) is 0 Å². The van der Waals surface area contributed by atoms with E-state index in [1.165, 1.54) is 51.4 Å². The van der Waals surface area contributed by atoms with Crippen LogP contribution < -0.4 is 0 Å². The van der Waals surface area contributed by atoms with Crippen LogP contribution in [-0.4, -0.2) is 11.3 Å². The molecule has 0 aliphatic heterocycles. The second-order valence-corrected chi connectivity index (χ2v) is 8.86. The average molecular weight is 373 g/mol. The van der Waals surface area contributed by atoms with Gasteiger partial charge < -0.3 is 0 Å². The number of allylic oxidation sites excluding steroid dienone is 1. The van der Waals surface area contributed by atoms with E-state index >= 15 is 0 Å². The van der Waals surface area contributed by atoms with Crippen molar-refractivity contribution in [2.75, 3.05) is 0 Å². The number of hydrogen-bond donors (Lipinski definition) is 0. The normalized spacial score (nSPS) is 22.8. The van der Waals surface area contributed by atoms with E-state index in [9.17, 15) is 0 Å². The van der Waals surface area contributed by atoms with Crippen LogP contribution in [-0.2, 0) is 20.4 Å². The molecule has 0 N–H and O–H groups in total. The SMILES string of the molecule is CCCC=CP(C1CCCCC1)C1CCCCC1.[Pd]. The zero-order chi connectivity index (χ0) is 12.6. The summed E-state index contributed by atoms with van der Waals surface area (Å²) in [5.74, 6) is 2.70. The first-order valence-corrected chi connectivity index (χ1v) is 9.91. The molecule has 0 unspecified atom stereocenters. The van der Waals surface area contributed by atoms with E-state index in [1.807, 2.05) is 0 Å². The third-order valence-corrected chi connectivity index (χ3v) is 8.00. The van der Waals surface area contributed by atoms with Gasteiger partial charge in [-0.3, -0.25) is 0 Å². The minimum Gasteiger partial charge on any atom is -0.0840 e. The summed E-state index contributed by atoms with van der Waals surface area (Å²) >= 11 is 0. The van der Waals surface area contributed by atoms with Crippen LogP contribution in [0.3, 0.4) is 0 Å². The van der Waals surface area contributed by atoms with Crippen LogP contribution in [0.2, 0.25) is 0 Å². The van der Waals surface area contributed by atoms with E-state index in [0.717, 1.165) is 11.3 Å². The second-order valence-electron chi connectivity index (χ2n) is 6.20. The number of hydrogen-bond acceptors (Lipinski definition) is 0. The summed E-state index contributed by atoms with van der Waals surface area (Å²) in [6.45, 7) is 2.30. The van der Waals surface area contributed by atoms with Crippen molar-refractivity contribution in [1.29, 1.82) is 0 Å². The van der Waals surface area contributed by atoms with Crippen molar-refractivity contribution in [2.45, 2.75) is 95.3 Å². The molecule has 0 atom stereocenters. The molecular formula is C17H31PPd. The fraction of sp³-hybridized carbons (Fsp3) is 0.882. The Morgan fingerprint density at radius 2 is 1.32 bits per heavy atom. The average Bonchev–Trinajstić information content (AvgIpc) is 2.46. The Bertz CT molecular complexity index is 222. The van der Waals surface area contributed by atoms with Crippen LogP contribution in [0, 0.1) is 0 Å². The third kappa shape index (κ3) is 6.00. The molecule has 0 spiro atoms. The molecule has 0 heterocycles. The fourth-order valence-corrected chi connectivity index (χ4v) is 7.06. The van der Waals surface area contributed by atoms with Crippen molar-refractivity contribution in [2.24, 2.45) is 0 Å². The number of rotatable bonds is 5. The molecule has 0 aromatic carbocycles. The van der Waals surface area contributed by atoms with Crippen molar-refractivity contribution in [3.8, 4) is 0 Å². The van der Waals surface area contributed by atoms with Gasteiger partial charge in [-0.1, -0.05) is 71.7 Å². The summed E-state index contributed by atoms with van der Waals surface area (Å²) in [6.07, 6.45) is 20.4. The zero-order valence-electron chi connectivity index (χ0n) is 12.6. The maximum Gasteiger partial charge on any atom is 0 e. The van der Waals surface area contributed by atoms with Crippen LogP contribution in [0.1, 0.15) is 84.0 Å². The van der Waals surface area contributed by atoms with Crippen molar-refractivity contribution >= 4 is 7.92 Å². The standard InChI is InChI=1S/C17H31P.Pd/c1-2-3-10-15-18(16-11-6-4-7-12-16)17-13-8-5-9-14-17;/h10,15-17H,2-9,11-14H2,1H3;. The molecule has 2 heteroatoms. The van der Waals surface area contributed by atoms with E-state index in [1.54, 1.807) is 25.7 Å². The molecule has 2 rings (SSSR count). The van der Waals surface area contributed by atoms with E-state index in [-0.39, 0.29) is 28.3 Å². The monoisotopic (exact) mass is 372 g/mol. The first kappa shape index (κ1) is 17.9. The first-order valence-electron chi connectivity index (χ1n) is 8.36. The summed E-state index contributed by atoms with van der Waals surface area (Å²) in [5, 5.41) is 0. The Morgan fingerprint density at radius 3 is 1.74 bits per heavy atom. The van der Waals surface area contributed by atoms with Crippen LogP contribution in [0.15, 0.2) is 11.9 Å². The molecule has 2 aliphatic carbocycles. The Kier molecular flexibility index (Phi) is 9.92. The molecule has 0 nitrogen and oxygen atoms in total. The summed E-state index contributed by atoms with van der Waals surface area (Å²) in [7, 11) is 0.211. The fourth-order valence-electron chi connectivity index (χ4n) is 3.66. The third-order valence-electron chi connectivity index (χ3n) is 4.73. The van der Waals surface area contributed by atoms with Gasteiger partial charge in [0, 0.05) is 20.4 Å². The van der Waals surface area contributed by atoms with E-state index in [0.29, 0.717) is 0 Å². The molecule has 19 heavy (non-hydrogen) atoms. The van der Waals surface area contributed by atoms with Gasteiger partial charge in [-0.05, 0) is 43.4 Å². The Hall–Kier alpha value is 0.832. The van der Waals surface area contributed by atoms with Gasteiger partial charge in [0.25, 0.3) is 0 Å². The van der Waals surface area contributed by atoms with Crippen molar-refractivity contribution in [1.82, 2.24) is 0 Å². The molecule has 0 saturated heterocycles. The minimum absolute atomic E-state index is 0. The largest absolute Gasteiger partial charge is 0.0840 e.